The molecule has 1 N–H and O–H groups in total. The predicted octanol–water partition coefficient (Wildman–Crippen LogP) is 5.45. The molecule has 0 fully saturated rings. The van der Waals surface area contributed by atoms with Crippen LogP contribution in [0.15, 0.2) is 46.2 Å². The number of rotatable bonds is 7. The van der Waals surface area contributed by atoms with Crippen LogP contribution in [-0.4, -0.2) is 34.3 Å². The summed E-state index contributed by atoms with van der Waals surface area (Å²) < 4.78 is 14.0. The molecule has 0 saturated carbocycles. The maximum atomic E-state index is 12.2. The van der Waals surface area contributed by atoms with Gasteiger partial charge in [-0.05, 0) is 56.1 Å². The number of carbonyl (C=O) groups is 1. The molecule has 0 bridgehead atoms. The summed E-state index contributed by atoms with van der Waals surface area (Å²) in [6.07, 6.45) is 3.97. The lowest BCUT2D eigenvalue weighted by Gasteiger charge is -2.24. The van der Waals surface area contributed by atoms with Gasteiger partial charge in [-0.25, -0.2) is 9.31 Å². The van der Waals surface area contributed by atoms with Crippen LogP contribution in [0.5, 0.6) is 5.75 Å². The lowest BCUT2D eigenvalue weighted by Crippen LogP contribution is -2.33. The third-order valence-electron chi connectivity index (χ3n) is 5.41. The summed E-state index contributed by atoms with van der Waals surface area (Å²) in [5.41, 5.74) is 12.1. The minimum absolute atomic E-state index is 0.0977. The molecule has 10 heteroatoms. The molecule has 2 atom stereocenters. The highest BCUT2D eigenvalue weighted by atomic mass is 79.9. The first kappa shape index (κ1) is 22.0. The van der Waals surface area contributed by atoms with Gasteiger partial charge in [0.05, 0.1) is 30.9 Å². The standard InChI is InChI=1S/C22H23BrN6O3/c1-4-31-21(30)18-11-26-29-6-5-16(9-19(18)29)27-13(2)17-8-15(23)7-14-10-22(3,12-25-28-24)32-20(14)17/h5-9,11,13,27H,4,10,12H2,1-3H3/t13-,22?/m1/s1. The number of nitrogens with one attached hydrogen (secondary N) is 1. The molecule has 166 valence electrons. The van der Waals surface area contributed by atoms with Gasteiger partial charge in [-0.2, -0.15) is 5.10 Å². The van der Waals surface area contributed by atoms with Gasteiger partial charge in [-0.15, -0.1) is 0 Å². The van der Waals surface area contributed by atoms with E-state index >= 15 is 0 Å². The van der Waals surface area contributed by atoms with Gasteiger partial charge < -0.3 is 14.8 Å². The Morgan fingerprint density at radius 1 is 1.50 bits per heavy atom. The maximum absolute atomic E-state index is 12.2. The number of anilines is 1. The Hall–Kier alpha value is -3.23. The van der Waals surface area contributed by atoms with Gasteiger partial charge in [0.1, 0.15) is 16.9 Å². The average Bonchev–Trinajstić information content (AvgIpc) is 3.32. The Kier molecular flexibility index (Phi) is 5.99. The zero-order chi connectivity index (χ0) is 22.9. The van der Waals surface area contributed by atoms with Crippen LogP contribution in [0.1, 0.15) is 48.3 Å². The number of fused-ring (bicyclic) bond motifs is 2. The minimum Gasteiger partial charge on any atom is -0.486 e. The maximum Gasteiger partial charge on any atom is 0.341 e. The number of halogens is 1. The molecule has 4 rings (SSSR count). The van der Waals surface area contributed by atoms with E-state index in [2.05, 4.69) is 36.4 Å². The van der Waals surface area contributed by atoms with Crippen molar-refractivity contribution in [2.75, 3.05) is 18.5 Å². The first-order valence-corrected chi connectivity index (χ1v) is 11.1. The largest absolute Gasteiger partial charge is 0.486 e. The number of pyridine rings is 1. The fraction of sp³-hybridized carbons (Fsp3) is 0.364. The fourth-order valence-corrected chi connectivity index (χ4v) is 4.49. The zero-order valence-electron chi connectivity index (χ0n) is 18.0. The fourth-order valence-electron chi connectivity index (χ4n) is 3.97. The molecule has 0 spiro atoms. The van der Waals surface area contributed by atoms with Crippen LogP contribution in [0.2, 0.25) is 0 Å². The van der Waals surface area contributed by atoms with Crippen LogP contribution in [0.4, 0.5) is 5.69 Å². The van der Waals surface area contributed by atoms with Gasteiger partial charge >= 0.3 is 5.97 Å². The van der Waals surface area contributed by atoms with E-state index in [1.165, 1.54) is 6.20 Å². The summed E-state index contributed by atoms with van der Waals surface area (Å²) in [5.74, 6) is 0.409. The Morgan fingerprint density at radius 3 is 3.06 bits per heavy atom. The van der Waals surface area contributed by atoms with Gasteiger partial charge in [0, 0.05) is 33.3 Å². The summed E-state index contributed by atoms with van der Waals surface area (Å²) in [6, 6.07) is 7.74. The SMILES string of the molecule is CCOC(=O)c1cnn2ccc(N[C@H](C)c3cc(Br)cc4c3OC(C)(CN=[N+]=[N-])C4)cc12. The topological polar surface area (TPSA) is 114 Å². The Balaban J connectivity index is 1.62. The van der Waals surface area contributed by atoms with E-state index in [0.717, 1.165) is 27.0 Å². The number of benzene rings is 1. The van der Waals surface area contributed by atoms with Crippen molar-refractivity contribution in [3.05, 3.63) is 68.3 Å². The molecular formula is C22H23BrN6O3. The summed E-state index contributed by atoms with van der Waals surface area (Å²) in [5, 5.41) is 11.4. The Labute approximate surface area is 193 Å². The molecule has 3 aromatic rings. The summed E-state index contributed by atoms with van der Waals surface area (Å²) >= 11 is 3.60. The van der Waals surface area contributed by atoms with E-state index < -0.39 is 11.6 Å². The second-order valence-electron chi connectivity index (χ2n) is 7.99. The van der Waals surface area contributed by atoms with Crippen LogP contribution in [0, 0.1) is 0 Å². The highest BCUT2D eigenvalue weighted by molar-refractivity contribution is 9.10. The van der Waals surface area contributed by atoms with E-state index in [-0.39, 0.29) is 12.6 Å². The number of esters is 1. The van der Waals surface area contributed by atoms with Crippen LogP contribution < -0.4 is 10.1 Å². The van der Waals surface area contributed by atoms with Crippen LogP contribution in [-0.2, 0) is 11.2 Å². The second-order valence-corrected chi connectivity index (χ2v) is 8.91. The van der Waals surface area contributed by atoms with Crippen molar-refractivity contribution in [1.82, 2.24) is 9.61 Å². The summed E-state index contributed by atoms with van der Waals surface area (Å²) in [7, 11) is 0. The van der Waals surface area contributed by atoms with Crippen LogP contribution >= 0.6 is 15.9 Å². The molecule has 9 nitrogen and oxygen atoms in total. The molecule has 1 aromatic carbocycles. The Morgan fingerprint density at radius 2 is 2.31 bits per heavy atom. The second kappa shape index (κ2) is 8.72. The van der Waals surface area contributed by atoms with Gasteiger partial charge in [-0.3, -0.25) is 0 Å². The molecule has 1 unspecified atom stereocenters. The molecule has 3 heterocycles. The molecular weight excluding hydrogens is 476 g/mol. The highest BCUT2D eigenvalue weighted by Gasteiger charge is 2.36. The number of nitrogens with zero attached hydrogens (tertiary/aromatic N) is 5. The number of hydrogen-bond donors (Lipinski definition) is 1. The first-order chi connectivity index (χ1) is 15.3. The van der Waals surface area contributed by atoms with Crippen molar-refractivity contribution in [1.29, 1.82) is 0 Å². The lowest BCUT2D eigenvalue weighted by atomic mass is 9.97. The van der Waals surface area contributed by atoms with Gasteiger partial charge in [0.15, 0.2) is 0 Å². The molecule has 0 saturated heterocycles. The third kappa shape index (κ3) is 4.24. The number of carbonyl (C=O) groups excluding carboxylic acids is 1. The van der Waals surface area contributed by atoms with E-state index in [9.17, 15) is 4.79 Å². The Bertz CT molecular complexity index is 1240. The highest BCUT2D eigenvalue weighted by Crippen LogP contribution is 2.43. The van der Waals surface area contributed by atoms with Crippen molar-refractivity contribution in [2.45, 2.75) is 38.8 Å². The van der Waals surface area contributed by atoms with E-state index in [0.29, 0.717) is 24.1 Å². The molecule has 32 heavy (non-hydrogen) atoms. The van der Waals surface area contributed by atoms with Crippen molar-refractivity contribution >= 4 is 33.1 Å². The van der Waals surface area contributed by atoms with Crippen LogP contribution in [0.25, 0.3) is 16.0 Å². The monoisotopic (exact) mass is 498 g/mol. The third-order valence-corrected chi connectivity index (χ3v) is 5.87. The smallest absolute Gasteiger partial charge is 0.341 e. The minimum atomic E-state index is -0.575. The molecule has 0 aliphatic carbocycles. The first-order valence-electron chi connectivity index (χ1n) is 10.3. The van der Waals surface area contributed by atoms with Gasteiger partial charge in [0.25, 0.3) is 0 Å². The van der Waals surface area contributed by atoms with E-state index in [1.54, 1.807) is 17.6 Å². The van der Waals surface area contributed by atoms with Crippen molar-refractivity contribution in [3.8, 4) is 5.75 Å². The zero-order valence-corrected chi connectivity index (χ0v) is 19.6. The number of ether oxygens (including phenoxy) is 2. The van der Waals surface area contributed by atoms with Crippen molar-refractivity contribution < 1.29 is 14.3 Å². The molecule has 0 radical (unpaired) electrons. The predicted molar refractivity (Wildman–Crippen MR) is 124 cm³/mol. The summed E-state index contributed by atoms with van der Waals surface area (Å²) in [4.78, 5) is 15.1. The van der Waals surface area contributed by atoms with Crippen molar-refractivity contribution in [2.24, 2.45) is 5.11 Å². The normalized spacial score (nSPS) is 17.9. The van der Waals surface area contributed by atoms with Gasteiger partial charge in [0.2, 0.25) is 0 Å². The molecule has 1 aliphatic rings. The molecule has 0 amide bonds. The van der Waals surface area contributed by atoms with E-state index in [1.807, 2.05) is 38.1 Å². The molecule has 2 aromatic heterocycles. The summed E-state index contributed by atoms with van der Waals surface area (Å²) in [6.45, 7) is 6.32. The van der Waals surface area contributed by atoms with Crippen molar-refractivity contribution in [3.63, 3.8) is 0 Å². The quantitative estimate of drug-likeness (QED) is 0.201. The van der Waals surface area contributed by atoms with E-state index in [4.69, 9.17) is 15.0 Å². The van der Waals surface area contributed by atoms with Crippen LogP contribution in [0.3, 0.4) is 0 Å². The van der Waals surface area contributed by atoms with Gasteiger partial charge in [-0.1, -0.05) is 21.0 Å². The number of aromatic nitrogens is 2. The number of azide groups is 1. The average molecular weight is 499 g/mol. The lowest BCUT2D eigenvalue weighted by molar-refractivity contribution is 0.0528. The molecule has 1 aliphatic heterocycles. The number of hydrogen-bond acceptors (Lipinski definition) is 6.